The van der Waals surface area contributed by atoms with E-state index in [2.05, 4.69) is 4.98 Å². The van der Waals surface area contributed by atoms with Gasteiger partial charge in [0.2, 0.25) is 0 Å². The molecule has 0 spiro atoms. The van der Waals surface area contributed by atoms with Crippen molar-refractivity contribution in [3.8, 4) is 0 Å². The smallest absolute Gasteiger partial charge is 0.320 e. The van der Waals surface area contributed by atoms with E-state index < -0.39 is 23.6 Å². The maximum Gasteiger partial charge on any atom is 0.416 e. The van der Waals surface area contributed by atoms with Crippen molar-refractivity contribution < 1.29 is 17.6 Å². The van der Waals surface area contributed by atoms with Crippen LogP contribution >= 0.6 is 0 Å². The normalized spacial score (nSPS) is 13.3. The van der Waals surface area contributed by atoms with Gasteiger partial charge in [0.05, 0.1) is 17.8 Å². The van der Waals surface area contributed by atoms with Crippen molar-refractivity contribution in [3.63, 3.8) is 0 Å². The Balaban J connectivity index is 2.42. The molecule has 0 fully saturated rings. The van der Waals surface area contributed by atoms with Crippen molar-refractivity contribution in [1.82, 2.24) is 4.98 Å². The molecule has 1 aromatic carbocycles. The van der Waals surface area contributed by atoms with Crippen LogP contribution in [-0.2, 0) is 6.18 Å². The van der Waals surface area contributed by atoms with E-state index in [4.69, 9.17) is 5.73 Å². The van der Waals surface area contributed by atoms with E-state index in [9.17, 15) is 17.6 Å². The lowest BCUT2D eigenvalue weighted by molar-refractivity contribution is -0.137. The molecule has 1 aromatic heterocycles. The molecule has 0 amide bonds. The van der Waals surface area contributed by atoms with Gasteiger partial charge < -0.3 is 5.73 Å². The summed E-state index contributed by atoms with van der Waals surface area (Å²) >= 11 is 0. The molecule has 0 aliphatic rings. The van der Waals surface area contributed by atoms with Gasteiger partial charge in [-0.15, -0.1) is 0 Å². The Bertz CT molecular complexity index is 623. The van der Waals surface area contributed by atoms with Crippen molar-refractivity contribution in [3.05, 3.63) is 64.7 Å². The van der Waals surface area contributed by atoms with E-state index in [1.54, 1.807) is 0 Å². The Kier molecular flexibility index (Phi) is 3.76. The number of aryl methyl sites for hydroxylation is 1. The van der Waals surface area contributed by atoms with E-state index in [0.29, 0.717) is 11.1 Å². The van der Waals surface area contributed by atoms with Crippen LogP contribution in [0.5, 0.6) is 0 Å². The minimum atomic E-state index is -4.41. The number of benzene rings is 1. The quantitative estimate of drug-likeness (QED) is 0.856. The Morgan fingerprint density at radius 2 is 1.85 bits per heavy atom. The maximum absolute atomic E-state index is 13.6. The lowest BCUT2D eigenvalue weighted by Crippen LogP contribution is -2.16. The number of hydrogen-bond acceptors (Lipinski definition) is 2. The Labute approximate surface area is 113 Å². The molecule has 20 heavy (non-hydrogen) atoms. The number of halogens is 4. The summed E-state index contributed by atoms with van der Waals surface area (Å²) in [5.74, 6) is -0.584. The predicted octanol–water partition coefficient (Wildman–Crippen LogP) is 3.60. The van der Waals surface area contributed by atoms with E-state index >= 15 is 0 Å². The zero-order chi connectivity index (χ0) is 14.9. The number of pyridine rings is 1. The van der Waals surface area contributed by atoms with Gasteiger partial charge in [-0.3, -0.25) is 4.98 Å². The van der Waals surface area contributed by atoms with E-state index in [1.807, 2.05) is 0 Å². The van der Waals surface area contributed by atoms with Crippen molar-refractivity contribution in [1.29, 1.82) is 0 Å². The molecule has 2 nitrogen and oxygen atoms in total. The standard InChI is InChI=1S/C14H12F4N2/c1-8-6-9(14(16,17)18)2-3-10(8)13(19)11-4-5-20-7-12(11)15/h2-7,13H,19H2,1H3. The summed E-state index contributed by atoms with van der Waals surface area (Å²) < 4.78 is 51.4. The fourth-order valence-electron chi connectivity index (χ4n) is 2.01. The topological polar surface area (TPSA) is 38.9 Å². The Morgan fingerprint density at radius 1 is 1.15 bits per heavy atom. The van der Waals surface area contributed by atoms with Crippen LogP contribution in [0.15, 0.2) is 36.7 Å². The molecule has 2 aromatic rings. The van der Waals surface area contributed by atoms with Crippen LogP contribution in [0.4, 0.5) is 17.6 Å². The van der Waals surface area contributed by atoms with E-state index in [1.165, 1.54) is 25.3 Å². The fourth-order valence-corrected chi connectivity index (χ4v) is 2.01. The third-order valence-electron chi connectivity index (χ3n) is 3.07. The molecule has 2 rings (SSSR count). The SMILES string of the molecule is Cc1cc(C(F)(F)F)ccc1C(N)c1ccncc1F. The van der Waals surface area contributed by atoms with Crippen LogP contribution in [0.25, 0.3) is 0 Å². The van der Waals surface area contributed by atoms with Crippen LogP contribution in [0, 0.1) is 12.7 Å². The highest BCUT2D eigenvalue weighted by atomic mass is 19.4. The summed E-state index contributed by atoms with van der Waals surface area (Å²) in [6.07, 6.45) is -2.00. The van der Waals surface area contributed by atoms with Gasteiger partial charge in [-0.2, -0.15) is 13.2 Å². The van der Waals surface area contributed by atoms with Crippen molar-refractivity contribution in [2.45, 2.75) is 19.1 Å². The molecule has 0 bridgehead atoms. The fraction of sp³-hybridized carbons (Fsp3) is 0.214. The second-order valence-electron chi connectivity index (χ2n) is 4.44. The molecule has 0 aliphatic heterocycles. The largest absolute Gasteiger partial charge is 0.416 e. The van der Waals surface area contributed by atoms with Gasteiger partial charge in [0.15, 0.2) is 0 Å². The molecule has 0 aliphatic carbocycles. The lowest BCUT2D eigenvalue weighted by Gasteiger charge is -2.17. The molecule has 0 saturated carbocycles. The Morgan fingerprint density at radius 3 is 2.40 bits per heavy atom. The van der Waals surface area contributed by atoms with Crippen molar-refractivity contribution in [2.24, 2.45) is 5.73 Å². The van der Waals surface area contributed by atoms with Crippen LogP contribution < -0.4 is 5.73 Å². The first kappa shape index (κ1) is 14.5. The molecule has 0 radical (unpaired) electrons. The average molecular weight is 284 g/mol. The maximum atomic E-state index is 13.6. The Hall–Kier alpha value is -1.95. The molecule has 6 heteroatoms. The van der Waals surface area contributed by atoms with Crippen molar-refractivity contribution >= 4 is 0 Å². The first-order valence-corrected chi connectivity index (χ1v) is 5.83. The van der Waals surface area contributed by atoms with Crippen LogP contribution in [-0.4, -0.2) is 4.98 Å². The minimum Gasteiger partial charge on any atom is -0.320 e. The van der Waals surface area contributed by atoms with Crippen LogP contribution in [0.2, 0.25) is 0 Å². The zero-order valence-corrected chi connectivity index (χ0v) is 10.6. The number of nitrogens with zero attached hydrogens (tertiary/aromatic N) is 1. The van der Waals surface area contributed by atoms with Crippen LogP contribution in [0.1, 0.15) is 28.3 Å². The van der Waals surface area contributed by atoms with Gasteiger partial charge in [-0.05, 0) is 36.2 Å². The van der Waals surface area contributed by atoms with Gasteiger partial charge in [-0.1, -0.05) is 6.07 Å². The second kappa shape index (κ2) is 5.20. The van der Waals surface area contributed by atoms with Gasteiger partial charge in [0.1, 0.15) is 5.82 Å². The van der Waals surface area contributed by atoms with E-state index in [0.717, 1.165) is 18.3 Å². The van der Waals surface area contributed by atoms with Gasteiger partial charge >= 0.3 is 6.18 Å². The van der Waals surface area contributed by atoms with Crippen LogP contribution in [0.3, 0.4) is 0 Å². The van der Waals surface area contributed by atoms with E-state index in [-0.39, 0.29) is 5.56 Å². The third kappa shape index (κ3) is 2.80. The summed E-state index contributed by atoms with van der Waals surface area (Å²) in [6.45, 7) is 1.52. The van der Waals surface area contributed by atoms with Gasteiger partial charge in [0, 0.05) is 11.8 Å². The highest BCUT2D eigenvalue weighted by Gasteiger charge is 2.31. The van der Waals surface area contributed by atoms with Gasteiger partial charge in [-0.25, -0.2) is 4.39 Å². The number of nitrogens with two attached hydrogens (primary N) is 1. The average Bonchev–Trinajstić information content (AvgIpc) is 2.37. The summed E-state index contributed by atoms with van der Waals surface area (Å²) in [5, 5.41) is 0. The second-order valence-corrected chi connectivity index (χ2v) is 4.44. The summed E-state index contributed by atoms with van der Waals surface area (Å²) in [7, 11) is 0. The monoisotopic (exact) mass is 284 g/mol. The lowest BCUT2D eigenvalue weighted by atomic mass is 9.94. The molecule has 1 heterocycles. The summed E-state index contributed by atoms with van der Waals surface area (Å²) in [4.78, 5) is 3.61. The number of alkyl halides is 3. The first-order chi connectivity index (χ1) is 9.30. The first-order valence-electron chi connectivity index (χ1n) is 5.83. The molecule has 2 N–H and O–H groups in total. The summed E-state index contributed by atoms with van der Waals surface area (Å²) in [5.41, 5.74) is 6.19. The molecular formula is C14H12F4N2. The molecular weight excluding hydrogens is 272 g/mol. The highest BCUT2D eigenvalue weighted by molar-refractivity contribution is 5.39. The summed E-state index contributed by atoms with van der Waals surface area (Å²) in [6, 6.07) is 3.82. The predicted molar refractivity (Wildman–Crippen MR) is 66.4 cm³/mol. The highest BCUT2D eigenvalue weighted by Crippen LogP contribution is 2.32. The minimum absolute atomic E-state index is 0.197. The zero-order valence-electron chi connectivity index (χ0n) is 10.6. The number of aromatic nitrogens is 1. The molecule has 106 valence electrons. The number of rotatable bonds is 2. The molecule has 1 unspecified atom stereocenters. The molecule has 1 atom stereocenters. The third-order valence-corrected chi connectivity index (χ3v) is 3.07. The molecule has 0 saturated heterocycles. The van der Waals surface area contributed by atoms with Crippen molar-refractivity contribution in [2.75, 3.05) is 0 Å². The number of hydrogen-bond donors (Lipinski definition) is 1. The van der Waals surface area contributed by atoms with Gasteiger partial charge in [0.25, 0.3) is 0 Å².